The third-order valence-corrected chi connectivity index (χ3v) is 5.45. The zero-order valence-electron chi connectivity index (χ0n) is 17.0. The van der Waals surface area contributed by atoms with E-state index in [1.807, 2.05) is 0 Å². The highest BCUT2D eigenvalue weighted by molar-refractivity contribution is 5.96. The number of carboxylic acid groups (broad SMARTS) is 1. The van der Waals surface area contributed by atoms with Crippen molar-refractivity contribution in [3.8, 4) is 0 Å². The molecule has 9 nitrogen and oxygen atoms in total. The van der Waals surface area contributed by atoms with Gasteiger partial charge in [0.05, 0.1) is 20.2 Å². The van der Waals surface area contributed by atoms with Gasteiger partial charge in [-0.15, -0.1) is 4.48 Å². The first-order valence-corrected chi connectivity index (χ1v) is 9.62. The maximum Gasteiger partial charge on any atom is 0.523 e. The van der Waals surface area contributed by atoms with Gasteiger partial charge in [-0.2, -0.15) is 4.79 Å². The summed E-state index contributed by atoms with van der Waals surface area (Å²) in [6, 6.07) is 6.27. The van der Waals surface area contributed by atoms with Crippen molar-refractivity contribution in [1.82, 2.24) is 10.2 Å². The van der Waals surface area contributed by atoms with E-state index in [1.165, 1.54) is 12.0 Å². The quantitative estimate of drug-likeness (QED) is 0.552. The van der Waals surface area contributed by atoms with E-state index in [-0.39, 0.29) is 25.7 Å². The lowest BCUT2D eigenvalue weighted by Crippen LogP contribution is -2.64. The fourth-order valence-corrected chi connectivity index (χ4v) is 3.69. The average molecular weight is 406 g/mol. The Hall–Kier alpha value is -2.94. The minimum Gasteiger partial charge on any atom is -0.467 e. The monoisotopic (exact) mass is 406 g/mol. The van der Waals surface area contributed by atoms with Crippen molar-refractivity contribution in [3.05, 3.63) is 35.9 Å². The molecule has 1 aromatic carbocycles. The van der Waals surface area contributed by atoms with E-state index >= 15 is 0 Å². The normalized spacial score (nSPS) is 21.8. The van der Waals surface area contributed by atoms with Gasteiger partial charge >= 0.3 is 18.1 Å². The summed E-state index contributed by atoms with van der Waals surface area (Å²) in [5.41, 5.74) is 0.359. The molecular formula is C20H28N3O6+. The number of carbonyl (C=O) groups excluding carboxylic acids is 3. The molecule has 1 heterocycles. The van der Waals surface area contributed by atoms with Crippen molar-refractivity contribution in [3.63, 3.8) is 0 Å². The number of ether oxygens (including phenoxy) is 1. The van der Waals surface area contributed by atoms with Crippen LogP contribution in [-0.2, 0) is 9.53 Å². The van der Waals surface area contributed by atoms with Crippen LogP contribution in [0.2, 0.25) is 0 Å². The van der Waals surface area contributed by atoms with E-state index in [0.717, 1.165) is 0 Å². The first-order chi connectivity index (χ1) is 13.8. The summed E-state index contributed by atoms with van der Waals surface area (Å²) in [5, 5.41) is 12.4. The lowest BCUT2D eigenvalue weighted by atomic mass is 10.2. The van der Waals surface area contributed by atoms with Crippen LogP contribution < -0.4 is 5.32 Å². The summed E-state index contributed by atoms with van der Waals surface area (Å²) >= 11 is 0. The molecule has 29 heavy (non-hydrogen) atoms. The molecule has 3 atom stereocenters. The topological polar surface area (TPSA) is 113 Å². The minimum atomic E-state index is -1.21. The molecule has 0 aliphatic carbocycles. The first-order valence-electron chi connectivity index (χ1n) is 9.62. The van der Waals surface area contributed by atoms with E-state index in [4.69, 9.17) is 4.74 Å². The summed E-state index contributed by atoms with van der Waals surface area (Å²) in [6.07, 6.45) is 0.0456. The number of imide groups is 1. The SMILES string of the molecule is CCN(CC(NC(=O)c1ccccc1)C(=O)OC)C(=O)[N+]1(C(=O)O)CCC[C@H]1C. The smallest absolute Gasteiger partial charge is 0.467 e. The number of esters is 1. The lowest BCUT2D eigenvalue weighted by Gasteiger charge is -2.35. The molecule has 1 aliphatic rings. The molecule has 0 spiro atoms. The minimum absolute atomic E-state index is 0.180. The fraction of sp³-hybridized carbons (Fsp3) is 0.500. The van der Waals surface area contributed by atoms with Gasteiger partial charge in [0, 0.05) is 24.9 Å². The Morgan fingerprint density at radius 2 is 1.93 bits per heavy atom. The maximum atomic E-state index is 13.2. The Morgan fingerprint density at radius 1 is 1.28 bits per heavy atom. The van der Waals surface area contributed by atoms with E-state index in [9.17, 15) is 24.3 Å². The van der Waals surface area contributed by atoms with Crippen LogP contribution in [0.4, 0.5) is 9.59 Å². The largest absolute Gasteiger partial charge is 0.523 e. The number of carbonyl (C=O) groups is 4. The number of methoxy groups -OCH3 is 1. The van der Waals surface area contributed by atoms with E-state index in [1.54, 1.807) is 44.2 Å². The Labute approximate surface area is 169 Å². The van der Waals surface area contributed by atoms with Gasteiger partial charge in [0.15, 0.2) is 0 Å². The third kappa shape index (κ3) is 4.56. The Morgan fingerprint density at radius 3 is 2.41 bits per heavy atom. The molecule has 9 heteroatoms. The van der Waals surface area contributed by atoms with E-state index in [0.29, 0.717) is 18.4 Å². The van der Waals surface area contributed by atoms with Crippen LogP contribution in [0.15, 0.2) is 30.3 Å². The van der Waals surface area contributed by atoms with Gasteiger partial charge in [0.25, 0.3) is 5.91 Å². The van der Waals surface area contributed by atoms with Crippen LogP contribution in [0.1, 0.15) is 37.0 Å². The molecule has 0 bridgehead atoms. The molecule has 158 valence electrons. The van der Waals surface area contributed by atoms with Crippen LogP contribution in [-0.4, -0.2) is 77.3 Å². The number of rotatable bonds is 6. The Bertz CT molecular complexity index is 769. The first kappa shape index (κ1) is 22.4. The number of hydrogen-bond donors (Lipinski definition) is 2. The molecule has 1 aliphatic heterocycles. The molecular weight excluding hydrogens is 378 g/mol. The van der Waals surface area contributed by atoms with E-state index in [2.05, 4.69) is 5.32 Å². The van der Waals surface area contributed by atoms with Crippen molar-refractivity contribution in [2.24, 2.45) is 0 Å². The average Bonchev–Trinajstić information content (AvgIpc) is 3.12. The van der Waals surface area contributed by atoms with Gasteiger partial charge in [-0.1, -0.05) is 18.2 Å². The molecule has 0 aromatic heterocycles. The third-order valence-electron chi connectivity index (χ3n) is 5.45. The molecule has 0 saturated carbocycles. The van der Waals surface area contributed by atoms with Gasteiger partial charge in [0.1, 0.15) is 12.1 Å². The van der Waals surface area contributed by atoms with Crippen LogP contribution in [0.25, 0.3) is 0 Å². The second-order valence-corrected chi connectivity index (χ2v) is 7.10. The van der Waals surface area contributed by atoms with E-state index < -0.39 is 34.5 Å². The number of nitrogens with one attached hydrogen (secondary N) is 1. The highest BCUT2D eigenvalue weighted by atomic mass is 16.5. The number of urea groups is 1. The van der Waals surface area contributed by atoms with Crippen molar-refractivity contribution < 1.29 is 33.5 Å². The predicted octanol–water partition coefficient (Wildman–Crippen LogP) is 2.08. The Kier molecular flexibility index (Phi) is 7.33. The van der Waals surface area contributed by atoms with Crippen LogP contribution in [0, 0.1) is 0 Å². The molecule has 0 radical (unpaired) electrons. The second-order valence-electron chi connectivity index (χ2n) is 7.10. The fourth-order valence-electron chi connectivity index (χ4n) is 3.69. The summed E-state index contributed by atoms with van der Waals surface area (Å²) < 4.78 is 4.08. The van der Waals surface area contributed by atoms with Gasteiger partial charge in [-0.05, 0) is 26.0 Å². The maximum absolute atomic E-state index is 13.2. The Balaban J connectivity index is 2.23. The number of amides is 4. The van der Waals surface area contributed by atoms with Crippen molar-refractivity contribution in [1.29, 1.82) is 0 Å². The van der Waals surface area contributed by atoms with Crippen LogP contribution >= 0.6 is 0 Å². The number of hydrogen-bond acceptors (Lipinski definition) is 5. The number of nitrogens with zero attached hydrogens (tertiary/aromatic N) is 2. The van der Waals surface area contributed by atoms with Crippen LogP contribution in [0.3, 0.4) is 0 Å². The van der Waals surface area contributed by atoms with Crippen molar-refractivity contribution >= 4 is 24.0 Å². The summed E-state index contributed by atoms with van der Waals surface area (Å²) in [5.74, 6) is -1.20. The molecule has 1 aromatic rings. The number of likely N-dealkylation sites (N-methyl/N-ethyl adjacent to an activating group) is 1. The zero-order chi connectivity index (χ0) is 21.6. The van der Waals surface area contributed by atoms with Gasteiger partial charge < -0.3 is 15.2 Å². The predicted molar refractivity (Wildman–Crippen MR) is 104 cm³/mol. The summed E-state index contributed by atoms with van der Waals surface area (Å²) in [6.45, 7) is 3.64. The molecule has 1 saturated heterocycles. The molecule has 4 amide bonds. The highest BCUT2D eigenvalue weighted by Crippen LogP contribution is 2.29. The highest BCUT2D eigenvalue weighted by Gasteiger charge is 2.55. The molecule has 1 fully saturated rings. The van der Waals surface area contributed by atoms with Crippen molar-refractivity contribution in [2.75, 3.05) is 26.7 Å². The zero-order valence-corrected chi connectivity index (χ0v) is 17.0. The standard InChI is InChI=1S/C20H27N3O6/c1-4-22(19(26)23(20(27)28)12-8-9-14(23)2)13-16(18(25)29-3)21-17(24)15-10-6-5-7-11-15/h5-7,10-11,14,16H,4,8-9,12-13H2,1-3H3,(H-,21,24,27,28)/p+1/t14-,16?,23?/m1/s1. The molecule has 2 unspecified atom stereocenters. The number of likely N-dealkylation sites (tertiary alicyclic amines) is 1. The lowest BCUT2D eigenvalue weighted by molar-refractivity contribution is -0.791. The van der Waals surface area contributed by atoms with Gasteiger partial charge in [-0.25, -0.2) is 9.59 Å². The van der Waals surface area contributed by atoms with Gasteiger partial charge in [-0.3, -0.25) is 9.69 Å². The van der Waals surface area contributed by atoms with Crippen molar-refractivity contribution in [2.45, 2.75) is 38.8 Å². The van der Waals surface area contributed by atoms with Gasteiger partial charge in [0.2, 0.25) is 0 Å². The van der Waals surface area contributed by atoms with Crippen LogP contribution in [0.5, 0.6) is 0 Å². The second kappa shape index (κ2) is 9.51. The summed E-state index contributed by atoms with van der Waals surface area (Å²) in [4.78, 5) is 51.2. The molecule has 2 rings (SSSR count). The number of benzene rings is 1. The summed E-state index contributed by atoms with van der Waals surface area (Å²) in [7, 11) is 1.19. The number of quaternary nitrogens is 1. The molecule has 2 N–H and O–H groups in total.